The van der Waals surface area contributed by atoms with E-state index in [4.69, 9.17) is 0 Å². The van der Waals surface area contributed by atoms with Gasteiger partial charge in [0.1, 0.15) is 0 Å². The zero-order chi connectivity index (χ0) is 56.9. The van der Waals surface area contributed by atoms with Crippen molar-refractivity contribution in [2.24, 2.45) is 0 Å². The zero-order valence-electron chi connectivity index (χ0n) is 50.6. The number of hydrogen-bond donors (Lipinski definition) is 0. The lowest BCUT2D eigenvalue weighted by molar-refractivity contribution is 0.195. The maximum atomic E-state index is 2.85. The molecular formula is C78H80BN3. The molecule has 82 heavy (non-hydrogen) atoms. The van der Waals surface area contributed by atoms with Gasteiger partial charge in [-0.05, 0) is 169 Å². The minimum absolute atomic E-state index is 0.0105. The van der Waals surface area contributed by atoms with Crippen molar-refractivity contribution < 1.29 is 0 Å². The largest absolute Gasteiger partial charge is 0.334 e. The van der Waals surface area contributed by atoms with Crippen LogP contribution in [0.1, 0.15) is 149 Å². The van der Waals surface area contributed by atoms with E-state index in [1.54, 1.807) is 0 Å². The summed E-state index contributed by atoms with van der Waals surface area (Å²) in [7, 11) is 0. The molecule has 0 aromatic heterocycles. The van der Waals surface area contributed by atoms with Crippen LogP contribution in [-0.2, 0) is 27.1 Å². The minimum Gasteiger partial charge on any atom is -0.334 e. The van der Waals surface area contributed by atoms with Gasteiger partial charge in [-0.3, -0.25) is 0 Å². The third-order valence-corrected chi connectivity index (χ3v) is 20.8. The molecular weight excluding hydrogens is 990 g/mol. The molecule has 2 atom stereocenters. The molecule has 1 saturated carbocycles. The summed E-state index contributed by atoms with van der Waals surface area (Å²) < 4.78 is 0. The lowest BCUT2D eigenvalue weighted by Gasteiger charge is -2.51. The molecule has 9 aromatic carbocycles. The average Bonchev–Trinajstić information content (AvgIpc) is 1.91. The van der Waals surface area contributed by atoms with Crippen LogP contribution in [0.3, 0.4) is 0 Å². The molecule has 5 aliphatic rings. The summed E-state index contributed by atoms with van der Waals surface area (Å²) >= 11 is 0. The highest BCUT2D eigenvalue weighted by Crippen LogP contribution is 2.63. The Bertz CT molecular complexity index is 4010. The normalized spacial score (nSPS) is 20.1. The SMILES string of the molecule is CC(C)(C)c1ccc(N2c3cc4c(cc3B3c5cc(-c6ccccc6)ccc5N(c5ccccc5-c5ccccc5)c5cc(N6c7ccc(C(C)(C)C)cc7C7(C)CCCCC67C)cc2c53)C(C)(C)CCC4(C)C)c(-c2ccccc2)c1. The van der Waals surface area contributed by atoms with Gasteiger partial charge in [-0.1, -0.05) is 235 Å². The van der Waals surface area contributed by atoms with E-state index < -0.39 is 0 Å². The van der Waals surface area contributed by atoms with Crippen LogP contribution in [0.5, 0.6) is 0 Å². The third kappa shape index (κ3) is 7.97. The van der Waals surface area contributed by atoms with Crippen molar-refractivity contribution >= 4 is 68.6 Å². The van der Waals surface area contributed by atoms with Crippen molar-refractivity contribution in [1.82, 2.24) is 0 Å². The van der Waals surface area contributed by atoms with Crippen LogP contribution in [0.2, 0.25) is 0 Å². The minimum atomic E-state index is -0.190. The summed E-state index contributed by atoms with van der Waals surface area (Å²) in [5.74, 6) is 0. The van der Waals surface area contributed by atoms with Crippen LogP contribution in [0.15, 0.2) is 194 Å². The molecule has 0 saturated heterocycles. The zero-order valence-corrected chi connectivity index (χ0v) is 50.6. The van der Waals surface area contributed by atoms with Crippen molar-refractivity contribution in [3.05, 3.63) is 222 Å². The highest BCUT2D eigenvalue weighted by molar-refractivity contribution is 7.00. The van der Waals surface area contributed by atoms with Crippen molar-refractivity contribution in [3.8, 4) is 33.4 Å². The Morgan fingerprint density at radius 3 is 1.50 bits per heavy atom. The van der Waals surface area contributed by atoms with Crippen LogP contribution < -0.4 is 31.1 Å². The smallest absolute Gasteiger partial charge is 0.252 e. The molecule has 3 heterocycles. The number of anilines is 8. The predicted molar refractivity (Wildman–Crippen MR) is 352 cm³/mol. The van der Waals surface area contributed by atoms with Crippen molar-refractivity contribution in [2.75, 3.05) is 14.7 Å². The summed E-state index contributed by atoms with van der Waals surface area (Å²) in [5, 5.41) is 0. The van der Waals surface area contributed by atoms with Crippen molar-refractivity contribution in [2.45, 2.75) is 154 Å². The molecule has 410 valence electrons. The second kappa shape index (κ2) is 18.5. The molecule has 14 rings (SSSR count). The lowest BCUT2D eigenvalue weighted by Crippen LogP contribution is -2.62. The monoisotopic (exact) mass is 1070 g/mol. The molecule has 3 aliphatic heterocycles. The first-order valence-electron chi connectivity index (χ1n) is 30.6. The van der Waals surface area contributed by atoms with Gasteiger partial charge < -0.3 is 14.7 Å². The molecule has 0 spiro atoms. The number of rotatable bonds is 6. The summed E-state index contributed by atoms with van der Waals surface area (Å²) in [6.45, 7) is 29.3. The number of hydrogen-bond acceptors (Lipinski definition) is 3. The van der Waals surface area contributed by atoms with Crippen LogP contribution >= 0.6 is 0 Å². The van der Waals surface area contributed by atoms with Gasteiger partial charge in [0.2, 0.25) is 0 Å². The Morgan fingerprint density at radius 2 is 0.866 bits per heavy atom. The van der Waals surface area contributed by atoms with Gasteiger partial charge in [-0.15, -0.1) is 0 Å². The fourth-order valence-electron chi connectivity index (χ4n) is 15.7. The average molecular weight is 1070 g/mol. The molecule has 3 nitrogen and oxygen atoms in total. The van der Waals surface area contributed by atoms with E-state index in [1.807, 2.05) is 0 Å². The molecule has 0 radical (unpaired) electrons. The quantitative estimate of drug-likeness (QED) is 0.154. The second-order valence-electron chi connectivity index (χ2n) is 28.7. The Kier molecular flexibility index (Phi) is 11.8. The van der Waals surface area contributed by atoms with E-state index in [0.29, 0.717) is 0 Å². The van der Waals surface area contributed by atoms with Crippen LogP contribution in [0.25, 0.3) is 33.4 Å². The van der Waals surface area contributed by atoms with E-state index in [-0.39, 0.29) is 39.3 Å². The standard InChI is InChI=1S/C78H80BN3/c1-73(2,3)55-35-38-66(59(45-55)53-30-20-15-21-31-53)81-69-50-61-60(75(7,8)42-43-76(61,9)10)49-64(69)79-63-44-54(51-26-16-13-17-27-51)34-37-68(63)80(65-33-23-22-32-58(65)52-28-18-14-19-29-52)70-47-57(48-71(81)72(70)79)82-67-39-36-56(74(4,5)6)46-62(67)77(11)40-24-25-41-78(77,82)12/h13-23,26-39,44-50H,24-25,40-43H2,1-12H3. The topological polar surface area (TPSA) is 9.72 Å². The maximum absolute atomic E-state index is 2.85. The van der Waals surface area contributed by atoms with E-state index in [0.717, 1.165) is 25.7 Å². The molecule has 2 unspecified atom stereocenters. The predicted octanol–water partition coefficient (Wildman–Crippen LogP) is 19.5. The first-order chi connectivity index (χ1) is 39.2. The molecule has 0 bridgehead atoms. The maximum Gasteiger partial charge on any atom is 0.252 e. The first-order valence-corrected chi connectivity index (χ1v) is 30.6. The Morgan fingerprint density at radius 1 is 0.366 bits per heavy atom. The van der Waals surface area contributed by atoms with E-state index >= 15 is 0 Å². The number of benzene rings is 9. The Hall–Kier alpha value is -7.56. The van der Waals surface area contributed by atoms with Gasteiger partial charge in [0.25, 0.3) is 6.71 Å². The highest BCUT2D eigenvalue weighted by atomic mass is 15.3. The van der Waals surface area contributed by atoms with E-state index in [2.05, 4.69) is 292 Å². The highest BCUT2D eigenvalue weighted by Gasteiger charge is 2.58. The molecule has 9 aromatic rings. The molecule has 0 amide bonds. The Balaban J connectivity index is 1.16. The van der Waals surface area contributed by atoms with Gasteiger partial charge in [-0.25, -0.2) is 0 Å². The van der Waals surface area contributed by atoms with Crippen LogP contribution in [0, 0.1) is 0 Å². The van der Waals surface area contributed by atoms with Crippen LogP contribution in [0.4, 0.5) is 45.5 Å². The van der Waals surface area contributed by atoms with Gasteiger partial charge >= 0.3 is 0 Å². The van der Waals surface area contributed by atoms with Crippen molar-refractivity contribution in [3.63, 3.8) is 0 Å². The van der Waals surface area contributed by atoms with Gasteiger partial charge in [0.05, 0.1) is 16.9 Å². The molecule has 4 heteroatoms. The molecule has 1 fully saturated rings. The van der Waals surface area contributed by atoms with Crippen molar-refractivity contribution in [1.29, 1.82) is 0 Å². The fraction of sp³-hybridized carbons (Fsp3) is 0.308. The molecule has 2 aliphatic carbocycles. The van der Waals surface area contributed by atoms with Gasteiger partial charge in [0.15, 0.2) is 0 Å². The molecule has 0 N–H and O–H groups in total. The first kappa shape index (κ1) is 52.5. The fourth-order valence-corrected chi connectivity index (χ4v) is 15.7. The number of para-hydroxylation sites is 1. The third-order valence-electron chi connectivity index (χ3n) is 20.8. The summed E-state index contributed by atoms with van der Waals surface area (Å²) in [4.78, 5) is 8.29. The number of nitrogens with zero attached hydrogens (tertiary/aromatic N) is 3. The van der Waals surface area contributed by atoms with E-state index in [9.17, 15) is 0 Å². The summed E-state index contributed by atoms with van der Waals surface area (Å²) in [6, 6.07) is 75.7. The second-order valence-corrected chi connectivity index (χ2v) is 28.7. The van der Waals surface area contributed by atoms with Gasteiger partial charge in [-0.2, -0.15) is 0 Å². The summed E-state index contributed by atoms with van der Waals surface area (Å²) in [5.41, 5.74) is 28.2. The van der Waals surface area contributed by atoms with Crippen LogP contribution in [-0.4, -0.2) is 12.3 Å². The van der Waals surface area contributed by atoms with Gasteiger partial charge in [0, 0.05) is 50.7 Å². The number of fused-ring (bicyclic) bond motifs is 8. The lowest BCUT2D eigenvalue weighted by atomic mass is 9.33. The summed E-state index contributed by atoms with van der Waals surface area (Å²) in [6.07, 6.45) is 6.98. The van der Waals surface area contributed by atoms with E-state index in [1.165, 1.54) is 136 Å². The Labute approximate surface area is 490 Å².